The molecule has 102 valence electrons. The Bertz CT molecular complexity index is 638. The molecule has 2 rings (SSSR count). The summed E-state index contributed by atoms with van der Waals surface area (Å²) < 4.78 is 18.6. The molecule has 2 aromatic rings. The molecule has 0 aliphatic carbocycles. The Morgan fingerprint density at radius 2 is 1.90 bits per heavy atom. The van der Waals surface area contributed by atoms with Crippen molar-refractivity contribution in [1.29, 1.82) is 0 Å². The lowest BCUT2D eigenvalue weighted by molar-refractivity contribution is -0.133. The summed E-state index contributed by atoms with van der Waals surface area (Å²) in [6.07, 6.45) is 0.625. The van der Waals surface area contributed by atoms with E-state index in [4.69, 9.17) is 4.74 Å². The van der Waals surface area contributed by atoms with E-state index in [1.165, 1.54) is 30.3 Å². The fourth-order valence-corrected chi connectivity index (χ4v) is 2.01. The van der Waals surface area contributed by atoms with Gasteiger partial charge in [-0.15, -0.1) is 0 Å². The number of hydrogen-bond donors (Lipinski definition) is 0. The van der Waals surface area contributed by atoms with Gasteiger partial charge in [0.1, 0.15) is 11.6 Å². The highest BCUT2D eigenvalue weighted by atomic mass is 79.9. The molecule has 0 aromatic heterocycles. The third-order valence-electron chi connectivity index (χ3n) is 2.58. The van der Waals surface area contributed by atoms with Gasteiger partial charge in [0.25, 0.3) is 0 Å². The second kappa shape index (κ2) is 6.43. The van der Waals surface area contributed by atoms with Crippen LogP contribution in [0.4, 0.5) is 4.39 Å². The van der Waals surface area contributed by atoms with E-state index in [0.717, 1.165) is 4.47 Å². The van der Waals surface area contributed by atoms with Crippen LogP contribution in [0.1, 0.15) is 15.9 Å². The van der Waals surface area contributed by atoms with Gasteiger partial charge in [-0.25, -0.2) is 4.39 Å². The van der Waals surface area contributed by atoms with Crippen LogP contribution >= 0.6 is 15.9 Å². The second-order valence-electron chi connectivity index (χ2n) is 4.08. The van der Waals surface area contributed by atoms with Crippen molar-refractivity contribution < 1.29 is 18.7 Å². The monoisotopic (exact) mass is 336 g/mol. The third-order valence-corrected chi connectivity index (χ3v) is 3.08. The lowest BCUT2D eigenvalue weighted by Gasteiger charge is -2.07. The molecule has 0 bridgehead atoms. The molecule has 0 aliphatic rings. The molecule has 3 nitrogen and oxygen atoms in total. The summed E-state index contributed by atoms with van der Waals surface area (Å²) in [6, 6.07) is 10.4. The number of esters is 1. The van der Waals surface area contributed by atoms with Crippen LogP contribution in [-0.4, -0.2) is 12.3 Å². The third kappa shape index (κ3) is 3.74. The Labute approximate surface area is 123 Å². The number of halogens is 2. The summed E-state index contributed by atoms with van der Waals surface area (Å²) in [4.78, 5) is 22.7. The van der Waals surface area contributed by atoms with Crippen molar-refractivity contribution in [3.63, 3.8) is 0 Å². The van der Waals surface area contributed by atoms with Crippen LogP contribution < -0.4 is 4.74 Å². The Hall–Kier alpha value is -2.01. The van der Waals surface area contributed by atoms with E-state index >= 15 is 0 Å². The average molecular weight is 337 g/mol. The Kier molecular flexibility index (Phi) is 4.63. The Balaban J connectivity index is 2.08. The van der Waals surface area contributed by atoms with Gasteiger partial charge in [0.15, 0.2) is 6.29 Å². The van der Waals surface area contributed by atoms with Crippen molar-refractivity contribution in [2.24, 2.45) is 0 Å². The number of aldehydes is 1. The van der Waals surface area contributed by atoms with Gasteiger partial charge in [0.2, 0.25) is 0 Å². The first kappa shape index (κ1) is 14.4. The zero-order valence-electron chi connectivity index (χ0n) is 10.3. The molecule has 20 heavy (non-hydrogen) atoms. The zero-order chi connectivity index (χ0) is 14.5. The van der Waals surface area contributed by atoms with Crippen LogP contribution in [0.3, 0.4) is 0 Å². The number of rotatable bonds is 4. The lowest BCUT2D eigenvalue weighted by atomic mass is 10.1. The minimum absolute atomic E-state index is 0.00857. The first-order valence-electron chi connectivity index (χ1n) is 5.78. The predicted molar refractivity (Wildman–Crippen MR) is 75.3 cm³/mol. The van der Waals surface area contributed by atoms with Crippen LogP contribution in [0.2, 0.25) is 0 Å². The number of benzene rings is 2. The first-order chi connectivity index (χ1) is 9.58. The molecule has 0 fully saturated rings. The molecule has 0 unspecified atom stereocenters. The van der Waals surface area contributed by atoms with Crippen molar-refractivity contribution in [3.8, 4) is 5.75 Å². The maximum Gasteiger partial charge on any atom is 0.315 e. The number of hydrogen-bond acceptors (Lipinski definition) is 3. The Morgan fingerprint density at radius 3 is 2.55 bits per heavy atom. The van der Waals surface area contributed by atoms with Crippen LogP contribution in [-0.2, 0) is 11.2 Å². The molecule has 0 heterocycles. The summed E-state index contributed by atoms with van der Waals surface area (Å²) >= 11 is 3.23. The average Bonchev–Trinajstić information content (AvgIpc) is 2.43. The van der Waals surface area contributed by atoms with E-state index in [0.29, 0.717) is 11.8 Å². The number of ether oxygens (including phenoxy) is 1. The molecule has 0 amide bonds. The minimum Gasteiger partial charge on any atom is -0.426 e. The van der Waals surface area contributed by atoms with E-state index < -0.39 is 5.97 Å². The fraction of sp³-hybridized carbons (Fsp3) is 0.0667. The molecule has 0 atom stereocenters. The maximum absolute atomic E-state index is 12.7. The molecule has 5 heteroatoms. The summed E-state index contributed by atoms with van der Waals surface area (Å²) in [7, 11) is 0. The van der Waals surface area contributed by atoms with Crippen molar-refractivity contribution >= 4 is 28.2 Å². The van der Waals surface area contributed by atoms with E-state index in [-0.39, 0.29) is 23.6 Å². The molecule has 0 saturated carbocycles. The quantitative estimate of drug-likeness (QED) is 0.487. The Morgan fingerprint density at radius 1 is 1.20 bits per heavy atom. The van der Waals surface area contributed by atoms with E-state index in [9.17, 15) is 14.0 Å². The summed E-state index contributed by atoms with van der Waals surface area (Å²) in [5, 5.41) is 0. The van der Waals surface area contributed by atoms with Gasteiger partial charge in [0.05, 0.1) is 12.0 Å². The van der Waals surface area contributed by atoms with Gasteiger partial charge in [0, 0.05) is 4.47 Å². The van der Waals surface area contributed by atoms with Gasteiger partial charge < -0.3 is 4.74 Å². The molecule has 0 aliphatic heterocycles. The van der Waals surface area contributed by atoms with Crippen LogP contribution in [0.15, 0.2) is 46.9 Å². The zero-order valence-corrected chi connectivity index (χ0v) is 11.9. The van der Waals surface area contributed by atoms with Gasteiger partial charge in [-0.1, -0.05) is 28.1 Å². The maximum atomic E-state index is 12.7. The SMILES string of the molecule is O=Cc1cc(Br)ccc1OC(=O)Cc1ccc(F)cc1. The highest BCUT2D eigenvalue weighted by Gasteiger charge is 2.10. The summed E-state index contributed by atoms with van der Waals surface area (Å²) in [5.41, 5.74) is 0.924. The second-order valence-corrected chi connectivity index (χ2v) is 4.99. The van der Waals surface area contributed by atoms with E-state index in [1.807, 2.05) is 0 Å². The lowest BCUT2D eigenvalue weighted by Crippen LogP contribution is -2.12. The van der Waals surface area contributed by atoms with E-state index in [2.05, 4.69) is 15.9 Å². The van der Waals surface area contributed by atoms with Gasteiger partial charge in [-0.2, -0.15) is 0 Å². The number of carbonyl (C=O) groups excluding carboxylic acids is 2. The molecule has 0 radical (unpaired) electrons. The number of carbonyl (C=O) groups is 2. The van der Waals surface area contributed by atoms with E-state index in [1.54, 1.807) is 12.1 Å². The first-order valence-corrected chi connectivity index (χ1v) is 6.57. The largest absolute Gasteiger partial charge is 0.426 e. The van der Waals surface area contributed by atoms with Crippen molar-refractivity contribution in [2.75, 3.05) is 0 Å². The summed E-state index contributed by atoms with van der Waals surface area (Å²) in [6.45, 7) is 0. The van der Waals surface area contributed by atoms with Crippen molar-refractivity contribution in [2.45, 2.75) is 6.42 Å². The predicted octanol–water partition coefficient (Wildman–Crippen LogP) is 3.55. The van der Waals surface area contributed by atoms with Gasteiger partial charge in [-0.3, -0.25) is 9.59 Å². The van der Waals surface area contributed by atoms with Crippen LogP contribution in [0.5, 0.6) is 5.75 Å². The van der Waals surface area contributed by atoms with Crippen LogP contribution in [0.25, 0.3) is 0 Å². The molecule has 0 saturated heterocycles. The van der Waals surface area contributed by atoms with Gasteiger partial charge >= 0.3 is 5.97 Å². The minimum atomic E-state index is -0.512. The van der Waals surface area contributed by atoms with Crippen molar-refractivity contribution in [3.05, 3.63) is 63.9 Å². The molecular weight excluding hydrogens is 327 g/mol. The molecule has 0 N–H and O–H groups in total. The highest BCUT2D eigenvalue weighted by molar-refractivity contribution is 9.10. The van der Waals surface area contributed by atoms with Crippen molar-refractivity contribution in [1.82, 2.24) is 0 Å². The molecule has 2 aromatic carbocycles. The topological polar surface area (TPSA) is 43.4 Å². The van der Waals surface area contributed by atoms with Gasteiger partial charge in [-0.05, 0) is 35.9 Å². The highest BCUT2D eigenvalue weighted by Crippen LogP contribution is 2.22. The van der Waals surface area contributed by atoms with Crippen LogP contribution in [0, 0.1) is 5.82 Å². The molecule has 0 spiro atoms. The standard InChI is InChI=1S/C15H10BrFO3/c16-12-3-6-14(11(8-12)9-18)20-15(19)7-10-1-4-13(17)5-2-10/h1-6,8-9H,7H2. The fourth-order valence-electron chi connectivity index (χ4n) is 1.63. The molecular formula is C15H10BrFO3. The summed E-state index contributed by atoms with van der Waals surface area (Å²) in [5.74, 6) is -0.671. The smallest absolute Gasteiger partial charge is 0.315 e. The normalized spacial score (nSPS) is 10.1.